The standard InChI is InChI=1S/C14H25N3O2.2ClH/c18-14(13-11-15-5-10-19-13)17-8-3-12(4-9-17)16-6-1-2-7-16;;/h12-13,15H,1-11H2;2*1H. The van der Waals surface area contributed by atoms with E-state index in [9.17, 15) is 4.79 Å². The second-order valence-electron chi connectivity index (χ2n) is 5.86. The molecule has 0 spiro atoms. The second kappa shape index (κ2) is 9.16. The maximum Gasteiger partial charge on any atom is 0.253 e. The molecule has 3 heterocycles. The average molecular weight is 340 g/mol. The molecule has 0 aromatic heterocycles. The second-order valence-corrected chi connectivity index (χ2v) is 5.86. The van der Waals surface area contributed by atoms with E-state index >= 15 is 0 Å². The Morgan fingerprint density at radius 3 is 2.29 bits per heavy atom. The predicted octanol–water partition coefficient (Wildman–Crippen LogP) is 0.905. The van der Waals surface area contributed by atoms with Crippen LogP contribution in [0.5, 0.6) is 0 Å². The maximum absolute atomic E-state index is 12.3. The van der Waals surface area contributed by atoms with Crippen LogP contribution in [-0.2, 0) is 9.53 Å². The molecule has 5 nitrogen and oxygen atoms in total. The van der Waals surface area contributed by atoms with Gasteiger partial charge in [-0.15, -0.1) is 24.8 Å². The summed E-state index contributed by atoms with van der Waals surface area (Å²) >= 11 is 0. The minimum absolute atomic E-state index is 0. The lowest BCUT2D eigenvalue weighted by molar-refractivity contribution is -0.146. The normalized spacial score (nSPS) is 27.8. The Labute approximate surface area is 139 Å². The van der Waals surface area contributed by atoms with Gasteiger partial charge in [0.25, 0.3) is 5.91 Å². The molecule has 0 bridgehead atoms. The Kier molecular flexibility index (Phi) is 8.27. The molecule has 1 amide bonds. The van der Waals surface area contributed by atoms with Gasteiger partial charge in [0.1, 0.15) is 6.10 Å². The highest BCUT2D eigenvalue weighted by atomic mass is 35.5. The third-order valence-corrected chi connectivity index (χ3v) is 4.64. The molecular weight excluding hydrogens is 313 g/mol. The summed E-state index contributed by atoms with van der Waals surface area (Å²) in [6.07, 6.45) is 4.70. The van der Waals surface area contributed by atoms with Crippen molar-refractivity contribution in [2.24, 2.45) is 0 Å². The summed E-state index contributed by atoms with van der Waals surface area (Å²) in [7, 11) is 0. The van der Waals surface area contributed by atoms with Crippen LogP contribution in [0.3, 0.4) is 0 Å². The monoisotopic (exact) mass is 339 g/mol. The van der Waals surface area contributed by atoms with Crippen molar-refractivity contribution in [1.82, 2.24) is 15.1 Å². The first-order chi connectivity index (χ1) is 9.34. The number of amides is 1. The first kappa shape index (κ1) is 19.0. The summed E-state index contributed by atoms with van der Waals surface area (Å²) in [5.74, 6) is 0.187. The van der Waals surface area contributed by atoms with Crippen LogP contribution in [0, 0.1) is 0 Å². The van der Waals surface area contributed by atoms with Crippen LogP contribution in [0.4, 0.5) is 0 Å². The third kappa shape index (κ3) is 4.70. The topological polar surface area (TPSA) is 44.8 Å². The van der Waals surface area contributed by atoms with E-state index in [0.717, 1.165) is 32.5 Å². The van der Waals surface area contributed by atoms with Crippen LogP contribution in [0.2, 0.25) is 0 Å². The van der Waals surface area contributed by atoms with E-state index in [1.807, 2.05) is 4.90 Å². The fourth-order valence-corrected chi connectivity index (χ4v) is 3.49. The van der Waals surface area contributed by atoms with Crippen LogP contribution in [0.25, 0.3) is 0 Å². The molecule has 0 aliphatic carbocycles. The van der Waals surface area contributed by atoms with Crippen molar-refractivity contribution in [2.45, 2.75) is 37.8 Å². The van der Waals surface area contributed by atoms with E-state index in [0.29, 0.717) is 19.2 Å². The van der Waals surface area contributed by atoms with Gasteiger partial charge in [-0.2, -0.15) is 0 Å². The number of carbonyl (C=O) groups excluding carboxylic acids is 1. The molecule has 0 radical (unpaired) electrons. The molecular formula is C14H27Cl2N3O2. The number of carbonyl (C=O) groups is 1. The summed E-state index contributed by atoms with van der Waals surface area (Å²) in [4.78, 5) is 16.9. The molecule has 7 heteroatoms. The van der Waals surface area contributed by atoms with Crippen molar-refractivity contribution in [1.29, 1.82) is 0 Å². The minimum atomic E-state index is -0.253. The van der Waals surface area contributed by atoms with Gasteiger partial charge in [0.2, 0.25) is 0 Å². The highest BCUT2D eigenvalue weighted by molar-refractivity contribution is 5.85. The zero-order valence-electron chi connectivity index (χ0n) is 12.5. The molecule has 3 saturated heterocycles. The van der Waals surface area contributed by atoms with Gasteiger partial charge in [-0.05, 0) is 38.8 Å². The fourth-order valence-electron chi connectivity index (χ4n) is 3.49. The first-order valence-corrected chi connectivity index (χ1v) is 7.70. The fraction of sp³-hybridized carbons (Fsp3) is 0.929. The molecule has 1 atom stereocenters. The van der Waals surface area contributed by atoms with Gasteiger partial charge in [0, 0.05) is 32.2 Å². The van der Waals surface area contributed by atoms with Crippen molar-refractivity contribution in [3.8, 4) is 0 Å². The molecule has 3 fully saturated rings. The molecule has 124 valence electrons. The molecule has 0 aromatic carbocycles. The number of hydrogen-bond acceptors (Lipinski definition) is 4. The first-order valence-electron chi connectivity index (χ1n) is 7.70. The van der Waals surface area contributed by atoms with Gasteiger partial charge in [-0.3, -0.25) is 4.79 Å². The van der Waals surface area contributed by atoms with Crippen molar-refractivity contribution < 1.29 is 9.53 Å². The van der Waals surface area contributed by atoms with Crippen LogP contribution in [-0.4, -0.2) is 73.7 Å². The van der Waals surface area contributed by atoms with Crippen LogP contribution in [0.15, 0.2) is 0 Å². The van der Waals surface area contributed by atoms with Crippen molar-refractivity contribution in [2.75, 3.05) is 45.9 Å². The number of likely N-dealkylation sites (tertiary alicyclic amines) is 2. The van der Waals surface area contributed by atoms with Crippen molar-refractivity contribution in [3.63, 3.8) is 0 Å². The van der Waals surface area contributed by atoms with Crippen LogP contribution in [0.1, 0.15) is 25.7 Å². The zero-order valence-corrected chi connectivity index (χ0v) is 14.1. The summed E-state index contributed by atoms with van der Waals surface area (Å²) in [6.45, 7) is 6.51. The Balaban J connectivity index is 0.00000110. The maximum atomic E-state index is 12.3. The number of piperidine rings is 1. The Morgan fingerprint density at radius 2 is 1.71 bits per heavy atom. The summed E-state index contributed by atoms with van der Waals surface area (Å²) in [5, 5.41) is 3.23. The van der Waals surface area contributed by atoms with E-state index in [2.05, 4.69) is 10.2 Å². The van der Waals surface area contributed by atoms with E-state index in [1.54, 1.807) is 0 Å². The van der Waals surface area contributed by atoms with E-state index in [-0.39, 0.29) is 36.8 Å². The number of nitrogens with zero attached hydrogens (tertiary/aromatic N) is 2. The van der Waals surface area contributed by atoms with Gasteiger partial charge in [-0.1, -0.05) is 0 Å². The molecule has 21 heavy (non-hydrogen) atoms. The highest BCUT2D eigenvalue weighted by Gasteiger charge is 2.32. The smallest absolute Gasteiger partial charge is 0.253 e. The Hall–Kier alpha value is -0.0700. The lowest BCUT2D eigenvalue weighted by Gasteiger charge is -2.38. The van der Waals surface area contributed by atoms with E-state index < -0.39 is 0 Å². The predicted molar refractivity (Wildman–Crippen MR) is 87.5 cm³/mol. The lowest BCUT2D eigenvalue weighted by atomic mass is 10.0. The average Bonchev–Trinajstić information content (AvgIpc) is 3.02. The lowest BCUT2D eigenvalue weighted by Crippen LogP contribution is -2.53. The molecule has 3 aliphatic rings. The van der Waals surface area contributed by atoms with E-state index in [4.69, 9.17) is 4.74 Å². The van der Waals surface area contributed by atoms with Crippen LogP contribution < -0.4 is 5.32 Å². The van der Waals surface area contributed by atoms with Crippen LogP contribution >= 0.6 is 24.8 Å². The van der Waals surface area contributed by atoms with Gasteiger partial charge >= 0.3 is 0 Å². The number of rotatable bonds is 2. The SMILES string of the molecule is Cl.Cl.O=C(C1CNCCO1)N1CCC(N2CCCC2)CC1. The summed E-state index contributed by atoms with van der Waals surface area (Å²) < 4.78 is 5.56. The zero-order chi connectivity index (χ0) is 13.1. The number of nitrogens with one attached hydrogen (secondary N) is 1. The number of halogens is 2. The van der Waals surface area contributed by atoms with Gasteiger partial charge in [0.15, 0.2) is 0 Å². The Morgan fingerprint density at radius 1 is 1.05 bits per heavy atom. The van der Waals surface area contributed by atoms with Gasteiger partial charge in [0.05, 0.1) is 6.61 Å². The van der Waals surface area contributed by atoms with Crippen molar-refractivity contribution >= 4 is 30.7 Å². The van der Waals surface area contributed by atoms with Gasteiger partial charge < -0.3 is 19.9 Å². The molecule has 1 unspecified atom stereocenters. The summed E-state index contributed by atoms with van der Waals surface area (Å²) in [6, 6.07) is 0.706. The molecule has 3 rings (SSSR count). The van der Waals surface area contributed by atoms with Gasteiger partial charge in [-0.25, -0.2) is 0 Å². The molecule has 1 N–H and O–H groups in total. The molecule has 0 saturated carbocycles. The molecule has 3 aliphatic heterocycles. The minimum Gasteiger partial charge on any atom is -0.366 e. The molecule has 0 aromatic rings. The largest absolute Gasteiger partial charge is 0.366 e. The third-order valence-electron chi connectivity index (χ3n) is 4.64. The quantitative estimate of drug-likeness (QED) is 0.812. The summed E-state index contributed by atoms with van der Waals surface area (Å²) in [5.41, 5.74) is 0. The number of ether oxygens (including phenoxy) is 1. The highest BCUT2D eigenvalue weighted by Crippen LogP contribution is 2.21. The van der Waals surface area contributed by atoms with Crippen molar-refractivity contribution in [3.05, 3.63) is 0 Å². The number of morpholine rings is 1. The number of hydrogen-bond donors (Lipinski definition) is 1. The van der Waals surface area contributed by atoms with E-state index in [1.165, 1.54) is 25.9 Å². The Bertz CT molecular complexity index is 313.